The molecule has 3 heteroatoms. The summed E-state index contributed by atoms with van der Waals surface area (Å²) >= 11 is 0. The highest BCUT2D eigenvalue weighted by atomic mass is 16.4. The molecule has 0 amide bonds. The molecule has 0 unspecified atom stereocenters. The Balaban J connectivity index is 2.58. The second kappa shape index (κ2) is 6.97. The van der Waals surface area contributed by atoms with Gasteiger partial charge in [0, 0.05) is 6.04 Å². The first-order valence-electron chi connectivity index (χ1n) is 6.21. The van der Waals surface area contributed by atoms with Crippen LogP contribution in [0.4, 0.5) is 0 Å². The van der Waals surface area contributed by atoms with Crippen LogP contribution in [0.15, 0.2) is 42.5 Å². The Labute approximate surface area is 108 Å². The lowest BCUT2D eigenvalue weighted by molar-refractivity contribution is -0.141. The van der Waals surface area contributed by atoms with Crippen LogP contribution >= 0.6 is 0 Å². The molecule has 0 saturated carbocycles. The van der Waals surface area contributed by atoms with Crippen LogP contribution < -0.4 is 5.73 Å². The summed E-state index contributed by atoms with van der Waals surface area (Å²) < 4.78 is 0. The van der Waals surface area contributed by atoms with Gasteiger partial charge < -0.3 is 10.8 Å². The van der Waals surface area contributed by atoms with Crippen molar-refractivity contribution in [3.05, 3.63) is 48.0 Å². The molecular weight excluding hydrogens is 226 g/mol. The van der Waals surface area contributed by atoms with Crippen molar-refractivity contribution in [1.29, 1.82) is 0 Å². The maximum Gasteiger partial charge on any atom is 0.310 e. The number of rotatable bonds is 6. The Hall–Kier alpha value is -1.61. The van der Waals surface area contributed by atoms with Crippen molar-refractivity contribution in [2.24, 2.45) is 17.6 Å². The van der Waals surface area contributed by atoms with Gasteiger partial charge in [-0.3, -0.25) is 4.79 Å². The van der Waals surface area contributed by atoms with E-state index < -0.39 is 11.9 Å². The average Bonchev–Trinajstić information content (AvgIpc) is 2.29. The SMILES string of the molecule is CC(C)[C@H](/C=C\[C@@H](N)Cc1ccccc1)C(=O)O. The smallest absolute Gasteiger partial charge is 0.310 e. The molecule has 0 heterocycles. The van der Waals surface area contributed by atoms with Gasteiger partial charge in [-0.05, 0) is 17.9 Å². The van der Waals surface area contributed by atoms with Crippen molar-refractivity contribution in [2.75, 3.05) is 0 Å². The van der Waals surface area contributed by atoms with Gasteiger partial charge in [-0.1, -0.05) is 56.3 Å². The molecular formula is C15H21NO2. The van der Waals surface area contributed by atoms with Crippen LogP contribution in [0.5, 0.6) is 0 Å². The minimum absolute atomic E-state index is 0.0719. The zero-order chi connectivity index (χ0) is 13.5. The van der Waals surface area contributed by atoms with Crippen LogP contribution in [0.2, 0.25) is 0 Å². The van der Waals surface area contributed by atoms with Gasteiger partial charge in [-0.25, -0.2) is 0 Å². The van der Waals surface area contributed by atoms with E-state index >= 15 is 0 Å². The number of carboxylic acid groups (broad SMARTS) is 1. The van der Waals surface area contributed by atoms with Gasteiger partial charge in [0.1, 0.15) is 0 Å². The Morgan fingerprint density at radius 2 is 1.89 bits per heavy atom. The van der Waals surface area contributed by atoms with Crippen LogP contribution in [0.25, 0.3) is 0 Å². The molecule has 0 aliphatic heterocycles. The van der Waals surface area contributed by atoms with Crippen LogP contribution in [0, 0.1) is 11.8 Å². The van der Waals surface area contributed by atoms with Crippen LogP contribution in [0.1, 0.15) is 19.4 Å². The van der Waals surface area contributed by atoms with Crippen molar-refractivity contribution in [3.8, 4) is 0 Å². The normalized spacial score (nSPS) is 14.9. The average molecular weight is 247 g/mol. The molecule has 0 radical (unpaired) electrons. The number of nitrogens with two attached hydrogens (primary N) is 1. The van der Waals surface area contributed by atoms with Gasteiger partial charge in [0.2, 0.25) is 0 Å². The minimum atomic E-state index is -0.798. The quantitative estimate of drug-likeness (QED) is 0.759. The lowest BCUT2D eigenvalue weighted by Gasteiger charge is -2.13. The fraction of sp³-hybridized carbons (Fsp3) is 0.400. The first-order chi connectivity index (χ1) is 8.50. The predicted molar refractivity (Wildman–Crippen MR) is 73.2 cm³/mol. The second-order valence-electron chi connectivity index (χ2n) is 4.85. The molecule has 0 saturated heterocycles. The molecule has 3 N–H and O–H groups in total. The molecule has 3 nitrogen and oxygen atoms in total. The van der Waals surface area contributed by atoms with E-state index in [0.717, 1.165) is 12.0 Å². The molecule has 0 fully saturated rings. The van der Waals surface area contributed by atoms with Gasteiger partial charge in [0.05, 0.1) is 5.92 Å². The standard InChI is InChI=1S/C15H21NO2/c1-11(2)14(15(17)18)9-8-13(16)10-12-6-4-3-5-7-12/h3-9,11,13-14H,10,16H2,1-2H3,(H,17,18)/b9-8-/t13-,14+/m1/s1. The van der Waals surface area contributed by atoms with Crippen molar-refractivity contribution >= 4 is 5.97 Å². The van der Waals surface area contributed by atoms with Crippen LogP contribution in [-0.2, 0) is 11.2 Å². The third kappa shape index (κ3) is 4.72. The molecule has 18 heavy (non-hydrogen) atoms. The Morgan fingerprint density at radius 1 is 1.28 bits per heavy atom. The molecule has 2 atom stereocenters. The first kappa shape index (κ1) is 14.5. The monoisotopic (exact) mass is 247 g/mol. The topological polar surface area (TPSA) is 63.3 Å². The summed E-state index contributed by atoms with van der Waals surface area (Å²) in [4.78, 5) is 11.0. The maximum atomic E-state index is 11.0. The zero-order valence-electron chi connectivity index (χ0n) is 10.9. The first-order valence-corrected chi connectivity index (χ1v) is 6.21. The Morgan fingerprint density at radius 3 is 2.39 bits per heavy atom. The van der Waals surface area contributed by atoms with Crippen molar-refractivity contribution in [3.63, 3.8) is 0 Å². The Bertz CT molecular complexity index is 398. The molecule has 0 bridgehead atoms. The molecule has 1 aromatic rings. The highest BCUT2D eigenvalue weighted by molar-refractivity contribution is 5.72. The number of carboxylic acids is 1. The van der Waals surface area contributed by atoms with Crippen molar-refractivity contribution in [1.82, 2.24) is 0 Å². The van der Waals surface area contributed by atoms with E-state index in [1.807, 2.05) is 44.2 Å². The van der Waals surface area contributed by atoms with E-state index in [4.69, 9.17) is 10.8 Å². The van der Waals surface area contributed by atoms with E-state index in [1.165, 1.54) is 0 Å². The zero-order valence-corrected chi connectivity index (χ0v) is 10.9. The van der Waals surface area contributed by atoms with Gasteiger partial charge in [0.15, 0.2) is 0 Å². The number of aliphatic carboxylic acids is 1. The largest absolute Gasteiger partial charge is 0.481 e. The second-order valence-corrected chi connectivity index (χ2v) is 4.85. The lowest BCUT2D eigenvalue weighted by Crippen LogP contribution is -2.22. The summed E-state index contributed by atoms with van der Waals surface area (Å²) in [6.45, 7) is 3.79. The van der Waals surface area contributed by atoms with E-state index in [-0.39, 0.29) is 12.0 Å². The van der Waals surface area contributed by atoms with Gasteiger partial charge in [-0.2, -0.15) is 0 Å². The van der Waals surface area contributed by atoms with Crippen molar-refractivity contribution in [2.45, 2.75) is 26.3 Å². The molecule has 0 aromatic heterocycles. The summed E-state index contributed by atoms with van der Waals surface area (Å²) in [5.41, 5.74) is 7.13. The summed E-state index contributed by atoms with van der Waals surface area (Å²) in [6, 6.07) is 9.80. The number of carbonyl (C=O) groups is 1. The Kier molecular flexibility index (Phi) is 5.59. The fourth-order valence-corrected chi connectivity index (χ4v) is 1.81. The van der Waals surface area contributed by atoms with E-state index in [2.05, 4.69) is 0 Å². The highest BCUT2D eigenvalue weighted by Gasteiger charge is 2.17. The van der Waals surface area contributed by atoms with Gasteiger partial charge >= 0.3 is 5.97 Å². The van der Waals surface area contributed by atoms with E-state index in [0.29, 0.717) is 0 Å². The lowest BCUT2D eigenvalue weighted by atomic mass is 9.94. The molecule has 0 aliphatic carbocycles. The molecule has 1 rings (SSSR count). The number of hydrogen-bond donors (Lipinski definition) is 2. The van der Waals surface area contributed by atoms with Crippen LogP contribution in [0.3, 0.4) is 0 Å². The predicted octanol–water partition coefficient (Wildman–Crippen LogP) is 2.47. The maximum absolute atomic E-state index is 11.0. The minimum Gasteiger partial charge on any atom is -0.481 e. The molecule has 0 spiro atoms. The van der Waals surface area contributed by atoms with Gasteiger partial charge in [-0.15, -0.1) is 0 Å². The third-order valence-electron chi connectivity index (χ3n) is 2.88. The molecule has 0 aliphatic rings. The summed E-state index contributed by atoms with van der Waals surface area (Å²) in [5.74, 6) is -1.19. The third-order valence-corrected chi connectivity index (χ3v) is 2.88. The fourth-order valence-electron chi connectivity index (χ4n) is 1.81. The number of hydrogen-bond acceptors (Lipinski definition) is 2. The van der Waals surface area contributed by atoms with Crippen molar-refractivity contribution < 1.29 is 9.90 Å². The van der Waals surface area contributed by atoms with E-state index in [1.54, 1.807) is 12.2 Å². The molecule has 98 valence electrons. The van der Waals surface area contributed by atoms with Gasteiger partial charge in [0.25, 0.3) is 0 Å². The molecule has 1 aromatic carbocycles. The number of benzene rings is 1. The summed E-state index contributed by atoms with van der Waals surface area (Å²) in [5, 5.41) is 9.05. The summed E-state index contributed by atoms with van der Waals surface area (Å²) in [6.07, 6.45) is 4.23. The van der Waals surface area contributed by atoms with E-state index in [9.17, 15) is 4.79 Å². The summed E-state index contributed by atoms with van der Waals surface area (Å²) in [7, 11) is 0. The highest BCUT2D eigenvalue weighted by Crippen LogP contribution is 2.13. The van der Waals surface area contributed by atoms with Crippen LogP contribution in [-0.4, -0.2) is 17.1 Å².